The molecule has 4 rings (SSSR count). The lowest BCUT2D eigenvalue weighted by molar-refractivity contribution is 0.197. The summed E-state index contributed by atoms with van der Waals surface area (Å²) in [5, 5.41) is 3.24. The van der Waals surface area contributed by atoms with Gasteiger partial charge in [0.2, 0.25) is 5.95 Å². The van der Waals surface area contributed by atoms with Gasteiger partial charge < -0.3 is 25.6 Å². The number of nitrogen functional groups attached to an aromatic ring is 1. The molecule has 0 radical (unpaired) electrons. The molecule has 0 saturated carbocycles. The Kier molecular flexibility index (Phi) is 9.45. The number of nitrogens with zero attached hydrogens (tertiary/aromatic N) is 5. The summed E-state index contributed by atoms with van der Waals surface area (Å²) in [6.45, 7) is 13.9. The molecular formula is C31H43N7O2. The van der Waals surface area contributed by atoms with E-state index in [0.29, 0.717) is 43.5 Å². The third-order valence-electron chi connectivity index (χ3n) is 7.55. The van der Waals surface area contributed by atoms with Gasteiger partial charge in [0.1, 0.15) is 6.61 Å². The Morgan fingerprint density at radius 2 is 1.93 bits per heavy atom. The third kappa shape index (κ3) is 7.61. The molecule has 1 aliphatic heterocycles. The predicted octanol–water partition coefficient (Wildman–Crippen LogP) is 5.49. The molecule has 0 aromatic carbocycles. The zero-order valence-electron chi connectivity index (χ0n) is 24.5. The number of carbonyl (C=O) groups is 1. The van der Waals surface area contributed by atoms with Gasteiger partial charge in [-0.05, 0) is 61.8 Å². The van der Waals surface area contributed by atoms with Crippen LogP contribution in [0.4, 0.5) is 16.6 Å². The van der Waals surface area contributed by atoms with E-state index in [1.165, 1.54) is 11.1 Å². The fourth-order valence-corrected chi connectivity index (χ4v) is 5.07. The molecule has 0 bridgehead atoms. The summed E-state index contributed by atoms with van der Waals surface area (Å²) in [6.07, 6.45) is 13.2. The van der Waals surface area contributed by atoms with Crippen molar-refractivity contribution in [3.05, 3.63) is 71.4 Å². The van der Waals surface area contributed by atoms with E-state index >= 15 is 0 Å². The van der Waals surface area contributed by atoms with Gasteiger partial charge in [0.05, 0.1) is 5.69 Å². The van der Waals surface area contributed by atoms with Crippen molar-refractivity contribution in [2.24, 2.45) is 11.3 Å². The number of nitrogens with one attached hydrogen (secondary N) is 1. The second kappa shape index (κ2) is 13.0. The molecule has 3 N–H and O–H groups in total. The van der Waals surface area contributed by atoms with Crippen molar-refractivity contribution in [1.82, 2.24) is 25.2 Å². The average molecular weight is 546 g/mol. The largest absolute Gasteiger partial charge is 0.483 e. The molecule has 2 aromatic heterocycles. The maximum absolute atomic E-state index is 13.4. The molecule has 1 unspecified atom stereocenters. The molecule has 1 atom stereocenters. The first kappa shape index (κ1) is 29.1. The zero-order chi connectivity index (χ0) is 28.7. The second-order valence-electron chi connectivity index (χ2n) is 11.5. The molecule has 1 aliphatic carbocycles. The van der Waals surface area contributed by atoms with E-state index < -0.39 is 0 Å². The van der Waals surface area contributed by atoms with Crippen LogP contribution in [-0.4, -0.2) is 52.1 Å². The monoisotopic (exact) mass is 545 g/mol. The van der Waals surface area contributed by atoms with Crippen LogP contribution in [0, 0.1) is 11.3 Å². The van der Waals surface area contributed by atoms with Gasteiger partial charge in [0, 0.05) is 44.3 Å². The van der Waals surface area contributed by atoms with Gasteiger partial charge in [-0.15, -0.1) is 0 Å². The Bertz CT molecular complexity index is 1270. The molecule has 0 spiro atoms. The quantitative estimate of drug-likeness (QED) is 0.462. The topological polar surface area (TPSA) is 110 Å². The molecule has 40 heavy (non-hydrogen) atoms. The van der Waals surface area contributed by atoms with Crippen LogP contribution in [0.3, 0.4) is 0 Å². The maximum atomic E-state index is 13.4. The lowest BCUT2D eigenvalue weighted by Crippen LogP contribution is -2.51. The molecule has 9 nitrogen and oxygen atoms in total. The lowest BCUT2D eigenvalue weighted by Gasteiger charge is -2.36. The summed E-state index contributed by atoms with van der Waals surface area (Å²) in [5.41, 5.74) is 10.0. The number of carbonyl (C=O) groups excluding carboxylic acids is 1. The number of rotatable bonds is 6. The highest BCUT2D eigenvalue weighted by molar-refractivity contribution is 5.77. The van der Waals surface area contributed by atoms with Crippen LogP contribution >= 0.6 is 0 Å². The van der Waals surface area contributed by atoms with E-state index in [9.17, 15) is 4.79 Å². The van der Waals surface area contributed by atoms with Crippen LogP contribution in [0.2, 0.25) is 0 Å². The number of anilines is 2. The highest BCUT2D eigenvalue weighted by Crippen LogP contribution is 2.32. The van der Waals surface area contributed by atoms with E-state index in [4.69, 9.17) is 10.5 Å². The minimum absolute atomic E-state index is 0.0335. The molecule has 1 saturated heterocycles. The van der Waals surface area contributed by atoms with Gasteiger partial charge in [0.25, 0.3) is 0 Å². The number of amides is 2. The van der Waals surface area contributed by atoms with Gasteiger partial charge >= 0.3 is 6.03 Å². The summed E-state index contributed by atoms with van der Waals surface area (Å²) in [5.74, 6) is 1.95. The van der Waals surface area contributed by atoms with Crippen molar-refractivity contribution in [3.63, 3.8) is 0 Å². The molecule has 3 heterocycles. The fourth-order valence-electron chi connectivity index (χ4n) is 5.07. The standard InChI is InChI=1S/C31H43N7O2/c1-6-23-19-26(20-24(31(3,4)5)10-7-9-22(23)2)36-30(39)38-17-15-37(16-18-38)28-27(11-8-13-33-28)40-21-25-12-14-34-29(32)35-25/h8-9,11-14,19-20,23H,6-7,10,15-18,21H2,1-5H3,(H,36,39)(H2,32,34,35). The molecule has 1 fully saturated rings. The van der Waals surface area contributed by atoms with Crippen LogP contribution in [0.25, 0.3) is 0 Å². The van der Waals surface area contributed by atoms with E-state index in [-0.39, 0.29) is 24.0 Å². The van der Waals surface area contributed by atoms with Gasteiger partial charge in [-0.1, -0.05) is 51.0 Å². The number of allylic oxidation sites excluding steroid dienone is 5. The summed E-state index contributed by atoms with van der Waals surface area (Å²) >= 11 is 0. The Morgan fingerprint density at radius 1 is 1.15 bits per heavy atom. The van der Waals surface area contributed by atoms with Crippen molar-refractivity contribution in [2.45, 2.75) is 60.5 Å². The fraction of sp³-hybridized carbons (Fsp3) is 0.484. The maximum Gasteiger partial charge on any atom is 0.321 e. The first-order chi connectivity index (χ1) is 19.1. The Balaban J connectivity index is 1.42. The lowest BCUT2D eigenvalue weighted by atomic mass is 9.83. The SMILES string of the molecule is CCC1C=C(NC(=O)N2CCN(c3ncccc3OCc3ccnc(N)n3)CC2)C=C(C(C)(C)C)CCC=C1C. The number of urea groups is 1. The summed E-state index contributed by atoms with van der Waals surface area (Å²) in [6, 6.07) is 5.46. The summed E-state index contributed by atoms with van der Waals surface area (Å²) < 4.78 is 6.04. The number of hydrogen-bond acceptors (Lipinski definition) is 7. The number of aromatic nitrogens is 3. The van der Waals surface area contributed by atoms with E-state index in [1.54, 1.807) is 18.5 Å². The Labute approximate surface area is 238 Å². The van der Waals surface area contributed by atoms with E-state index in [0.717, 1.165) is 30.8 Å². The molecule has 2 aliphatic rings. The zero-order valence-corrected chi connectivity index (χ0v) is 24.5. The van der Waals surface area contributed by atoms with Crippen LogP contribution in [0.15, 0.2) is 65.7 Å². The molecular weight excluding hydrogens is 502 g/mol. The highest BCUT2D eigenvalue weighted by Gasteiger charge is 2.25. The smallest absolute Gasteiger partial charge is 0.321 e. The van der Waals surface area contributed by atoms with Crippen LogP contribution in [-0.2, 0) is 6.61 Å². The van der Waals surface area contributed by atoms with Crippen molar-refractivity contribution in [3.8, 4) is 5.75 Å². The Morgan fingerprint density at radius 3 is 2.62 bits per heavy atom. The normalized spacial score (nSPS) is 18.5. The number of hydrogen-bond donors (Lipinski definition) is 2. The Hall–Kier alpha value is -3.88. The summed E-state index contributed by atoms with van der Waals surface area (Å²) in [7, 11) is 0. The summed E-state index contributed by atoms with van der Waals surface area (Å²) in [4.78, 5) is 30.2. The van der Waals surface area contributed by atoms with Crippen molar-refractivity contribution in [2.75, 3.05) is 36.8 Å². The second-order valence-corrected chi connectivity index (χ2v) is 11.5. The minimum atomic E-state index is -0.0648. The average Bonchev–Trinajstić information content (AvgIpc) is 3.01. The van der Waals surface area contributed by atoms with Crippen LogP contribution in [0.5, 0.6) is 5.75 Å². The van der Waals surface area contributed by atoms with Gasteiger partial charge in [-0.3, -0.25) is 0 Å². The predicted molar refractivity (Wildman–Crippen MR) is 160 cm³/mol. The van der Waals surface area contributed by atoms with Crippen molar-refractivity contribution in [1.29, 1.82) is 0 Å². The van der Waals surface area contributed by atoms with Crippen molar-refractivity contribution < 1.29 is 9.53 Å². The molecule has 2 amide bonds. The van der Waals surface area contributed by atoms with E-state index in [1.807, 2.05) is 17.0 Å². The number of nitrogens with two attached hydrogens (primary N) is 1. The van der Waals surface area contributed by atoms with Gasteiger partial charge in [0.15, 0.2) is 11.6 Å². The van der Waals surface area contributed by atoms with Gasteiger partial charge in [-0.2, -0.15) is 0 Å². The third-order valence-corrected chi connectivity index (χ3v) is 7.55. The number of ether oxygens (including phenoxy) is 1. The van der Waals surface area contributed by atoms with Crippen LogP contribution in [0.1, 0.15) is 59.6 Å². The number of pyridine rings is 1. The van der Waals surface area contributed by atoms with Crippen LogP contribution < -0.4 is 20.7 Å². The van der Waals surface area contributed by atoms with E-state index in [2.05, 4.69) is 78.0 Å². The van der Waals surface area contributed by atoms with Gasteiger partial charge in [-0.25, -0.2) is 19.7 Å². The first-order valence-electron chi connectivity index (χ1n) is 14.2. The highest BCUT2D eigenvalue weighted by atomic mass is 16.5. The molecule has 214 valence electrons. The molecule has 9 heteroatoms. The number of piperazine rings is 1. The molecule has 2 aromatic rings. The van der Waals surface area contributed by atoms with Crippen molar-refractivity contribution >= 4 is 17.8 Å². The first-order valence-corrected chi connectivity index (χ1v) is 14.2. The minimum Gasteiger partial charge on any atom is -0.483 e.